The highest BCUT2D eigenvalue weighted by Crippen LogP contribution is 2.23. The number of nitrogens with zero attached hydrogens (tertiary/aromatic N) is 1. The average molecular weight is 268 g/mol. The molecule has 0 saturated carbocycles. The van der Waals surface area contributed by atoms with Crippen molar-refractivity contribution in [3.05, 3.63) is 33.9 Å². The van der Waals surface area contributed by atoms with E-state index in [1.165, 1.54) is 12.1 Å². The Kier molecular flexibility index (Phi) is 5.26. The molecule has 0 fully saturated rings. The lowest BCUT2D eigenvalue weighted by Gasteiger charge is -2.24. The number of ether oxygens (including phenoxy) is 1. The van der Waals surface area contributed by atoms with E-state index in [4.69, 9.17) is 4.74 Å². The SMILES string of the molecule is CCNCC(C)(O)COc1ccc([N+](=O)[O-])cc1C. The molecule has 1 aromatic rings. The van der Waals surface area contributed by atoms with Gasteiger partial charge in [-0.3, -0.25) is 10.1 Å². The van der Waals surface area contributed by atoms with Crippen LogP contribution in [-0.4, -0.2) is 35.3 Å². The summed E-state index contributed by atoms with van der Waals surface area (Å²) in [6.45, 7) is 6.69. The Balaban J connectivity index is 2.65. The number of nitro benzene ring substituents is 1. The summed E-state index contributed by atoms with van der Waals surface area (Å²) in [7, 11) is 0. The van der Waals surface area contributed by atoms with Gasteiger partial charge in [-0.2, -0.15) is 0 Å². The van der Waals surface area contributed by atoms with Crippen molar-refractivity contribution in [3.63, 3.8) is 0 Å². The van der Waals surface area contributed by atoms with Crippen LogP contribution in [0.1, 0.15) is 19.4 Å². The Bertz CT molecular complexity index is 446. The van der Waals surface area contributed by atoms with Crippen molar-refractivity contribution in [2.24, 2.45) is 0 Å². The largest absolute Gasteiger partial charge is 0.490 e. The number of aliphatic hydroxyl groups is 1. The molecule has 1 atom stereocenters. The predicted molar refractivity (Wildman–Crippen MR) is 72.5 cm³/mol. The van der Waals surface area contributed by atoms with E-state index in [1.54, 1.807) is 19.9 Å². The van der Waals surface area contributed by atoms with E-state index >= 15 is 0 Å². The second-order valence-corrected chi connectivity index (χ2v) is 4.77. The zero-order valence-electron chi connectivity index (χ0n) is 11.5. The number of aryl methyl sites for hydroxylation is 1. The minimum absolute atomic E-state index is 0.0317. The van der Waals surface area contributed by atoms with Gasteiger partial charge in [0.15, 0.2) is 0 Å². The second-order valence-electron chi connectivity index (χ2n) is 4.77. The highest BCUT2D eigenvalue weighted by molar-refractivity contribution is 5.42. The molecule has 0 bridgehead atoms. The third kappa shape index (κ3) is 4.84. The Morgan fingerprint density at radius 3 is 2.74 bits per heavy atom. The van der Waals surface area contributed by atoms with Gasteiger partial charge in [-0.25, -0.2) is 0 Å². The highest BCUT2D eigenvalue weighted by atomic mass is 16.6. The lowest BCUT2D eigenvalue weighted by Crippen LogP contribution is -2.42. The van der Waals surface area contributed by atoms with Gasteiger partial charge in [-0.05, 0) is 32.0 Å². The molecule has 1 unspecified atom stereocenters. The molecular formula is C13H20N2O4. The van der Waals surface area contributed by atoms with E-state index in [0.29, 0.717) is 17.9 Å². The topological polar surface area (TPSA) is 84.6 Å². The first-order chi connectivity index (χ1) is 8.85. The van der Waals surface area contributed by atoms with Crippen LogP contribution in [0.5, 0.6) is 5.75 Å². The fraction of sp³-hybridized carbons (Fsp3) is 0.538. The maximum atomic E-state index is 10.6. The average Bonchev–Trinajstić information content (AvgIpc) is 2.35. The van der Waals surface area contributed by atoms with Crippen molar-refractivity contribution in [1.29, 1.82) is 0 Å². The van der Waals surface area contributed by atoms with E-state index in [-0.39, 0.29) is 12.3 Å². The number of benzene rings is 1. The summed E-state index contributed by atoms with van der Waals surface area (Å²) in [6, 6.07) is 4.40. The van der Waals surface area contributed by atoms with Gasteiger partial charge >= 0.3 is 0 Å². The molecule has 1 aromatic carbocycles. The van der Waals surface area contributed by atoms with Gasteiger partial charge < -0.3 is 15.2 Å². The molecule has 6 nitrogen and oxygen atoms in total. The number of hydrogen-bond donors (Lipinski definition) is 2. The summed E-state index contributed by atoms with van der Waals surface area (Å²) in [5, 5.41) is 23.7. The second kappa shape index (κ2) is 6.49. The summed E-state index contributed by atoms with van der Waals surface area (Å²) >= 11 is 0. The Hall–Kier alpha value is -1.66. The predicted octanol–water partition coefficient (Wildman–Crippen LogP) is 1.64. The summed E-state index contributed by atoms with van der Waals surface area (Å²) in [6.07, 6.45) is 0. The molecule has 0 radical (unpaired) electrons. The number of nitrogens with one attached hydrogen (secondary N) is 1. The van der Waals surface area contributed by atoms with Crippen LogP contribution in [0, 0.1) is 17.0 Å². The highest BCUT2D eigenvalue weighted by Gasteiger charge is 2.21. The molecule has 0 aliphatic carbocycles. The quantitative estimate of drug-likeness (QED) is 0.580. The number of hydrogen-bond acceptors (Lipinski definition) is 5. The monoisotopic (exact) mass is 268 g/mol. The van der Waals surface area contributed by atoms with Crippen molar-refractivity contribution >= 4 is 5.69 Å². The molecule has 0 aliphatic rings. The van der Waals surface area contributed by atoms with Crippen LogP contribution in [0.4, 0.5) is 5.69 Å². The van der Waals surface area contributed by atoms with Gasteiger partial charge in [0.1, 0.15) is 18.0 Å². The van der Waals surface area contributed by atoms with Gasteiger partial charge in [0.05, 0.1) is 4.92 Å². The van der Waals surface area contributed by atoms with Crippen molar-refractivity contribution < 1.29 is 14.8 Å². The third-order valence-corrected chi connectivity index (χ3v) is 2.66. The van der Waals surface area contributed by atoms with Crippen LogP contribution in [0.3, 0.4) is 0 Å². The number of likely N-dealkylation sites (N-methyl/N-ethyl adjacent to an activating group) is 1. The van der Waals surface area contributed by atoms with E-state index in [0.717, 1.165) is 6.54 Å². The Morgan fingerprint density at radius 2 is 2.21 bits per heavy atom. The summed E-state index contributed by atoms with van der Waals surface area (Å²) in [5.74, 6) is 0.544. The Labute approximate surface area is 112 Å². The minimum atomic E-state index is -0.982. The lowest BCUT2D eigenvalue weighted by molar-refractivity contribution is -0.384. The van der Waals surface area contributed by atoms with Gasteiger partial charge in [0.25, 0.3) is 5.69 Å². The maximum Gasteiger partial charge on any atom is 0.269 e. The molecule has 19 heavy (non-hydrogen) atoms. The third-order valence-electron chi connectivity index (χ3n) is 2.66. The number of nitro groups is 1. The molecule has 2 N–H and O–H groups in total. The first kappa shape index (κ1) is 15.4. The Morgan fingerprint density at radius 1 is 1.53 bits per heavy atom. The molecule has 0 amide bonds. The van der Waals surface area contributed by atoms with E-state index < -0.39 is 10.5 Å². The van der Waals surface area contributed by atoms with Gasteiger partial charge in [-0.1, -0.05) is 6.92 Å². The van der Waals surface area contributed by atoms with Gasteiger partial charge in [-0.15, -0.1) is 0 Å². The van der Waals surface area contributed by atoms with Crippen LogP contribution < -0.4 is 10.1 Å². The summed E-state index contributed by atoms with van der Waals surface area (Å²) < 4.78 is 5.52. The first-order valence-electron chi connectivity index (χ1n) is 6.16. The van der Waals surface area contributed by atoms with Crippen LogP contribution in [-0.2, 0) is 0 Å². The van der Waals surface area contributed by atoms with Crippen molar-refractivity contribution in [2.45, 2.75) is 26.4 Å². The number of non-ortho nitro benzene ring substituents is 1. The minimum Gasteiger partial charge on any atom is -0.490 e. The van der Waals surface area contributed by atoms with Crippen LogP contribution in [0.15, 0.2) is 18.2 Å². The zero-order valence-corrected chi connectivity index (χ0v) is 11.5. The van der Waals surface area contributed by atoms with E-state index in [2.05, 4.69) is 5.32 Å². The normalized spacial score (nSPS) is 13.9. The molecule has 0 saturated heterocycles. The first-order valence-corrected chi connectivity index (χ1v) is 6.16. The molecule has 0 spiro atoms. The fourth-order valence-corrected chi connectivity index (χ4v) is 1.59. The summed E-state index contributed by atoms with van der Waals surface area (Å²) in [4.78, 5) is 10.2. The van der Waals surface area contributed by atoms with Crippen molar-refractivity contribution in [2.75, 3.05) is 19.7 Å². The fourth-order valence-electron chi connectivity index (χ4n) is 1.59. The van der Waals surface area contributed by atoms with Gasteiger partial charge in [0.2, 0.25) is 0 Å². The molecular weight excluding hydrogens is 248 g/mol. The van der Waals surface area contributed by atoms with E-state index in [1.807, 2.05) is 6.92 Å². The molecule has 0 aliphatic heterocycles. The van der Waals surface area contributed by atoms with Crippen LogP contribution >= 0.6 is 0 Å². The molecule has 0 aromatic heterocycles. The molecule has 1 rings (SSSR count). The number of rotatable bonds is 7. The van der Waals surface area contributed by atoms with Gasteiger partial charge in [0, 0.05) is 18.7 Å². The zero-order chi connectivity index (χ0) is 14.5. The van der Waals surface area contributed by atoms with Crippen molar-refractivity contribution in [3.8, 4) is 5.75 Å². The lowest BCUT2D eigenvalue weighted by atomic mass is 10.1. The van der Waals surface area contributed by atoms with Crippen LogP contribution in [0.25, 0.3) is 0 Å². The van der Waals surface area contributed by atoms with E-state index in [9.17, 15) is 15.2 Å². The molecule has 106 valence electrons. The summed E-state index contributed by atoms with van der Waals surface area (Å²) in [5.41, 5.74) is -0.276. The smallest absolute Gasteiger partial charge is 0.269 e. The maximum absolute atomic E-state index is 10.6. The van der Waals surface area contributed by atoms with Crippen molar-refractivity contribution in [1.82, 2.24) is 5.32 Å². The molecule has 6 heteroatoms. The van der Waals surface area contributed by atoms with Crippen LogP contribution in [0.2, 0.25) is 0 Å². The standard InChI is InChI=1S/C13H20N2O4/c1-4-14-8-13(3,16)9-19-12-6-5-11(15(17)18)7-10(12)2/h5-7,14,16H,4,8-9H2,1-3H3. The molecule has 0 heterocycles.